The highest BCUT2D eigenvalue weighted by molar-refractivity contribution is 6.51. The van der Waals surface area contributed by atoms with Gasteiger partial charge in [0.2, 0.25) is 0 Å². The summed E-state index contributed by atoms with van der Waals surface area (Å²) in [6.07, 6.45) is -1.83. The van der Waals surface area contributed by atoms with Gasteiger partial charge in [0, 0.05) is 23.6 Å². The lowest BCUT2D eigenvalue weighted by Gasteiger charge is -2.05. The highest BCUT2D eigenvalue weighted by Crippen LogP contribution is 2.27. The van der Waals surface area contributed by atoms with Crippen LogP contribution >= 0.6 is 35.2 Å². The van der Waals surface area contributed by atoms with Crippen molar-refractivity contribution in [2.75, 3.05) is 3.94 Å². The van der Waals surface area contributed by atoms with E-state index >= 15 is 0 Å². The van der Waals surface area contributed by atoms with Crippen molar-refractivity contribution in [3.8, 4) is 0 Å². The highest BCUT2D eigenvalue weighted by atomic mass is 35.5. The van der Waals surface area contributed by atoms with E-state index in [0.29, 0.717) is 10.7 Å². The van der Waals surface area contributed by atoms with Gasteiger partial charge < -0.3 is 10.2 Å². The Morgan fingerprint density at radius 3 is 1.93 bits per heavy atom. The zero-order valence-electron chi connectivity index (χ0n) is 6.69. The Balaban J connectivity index is 0.000000364. The molecule has 0 radical (unpaired) electrons. The minimum Gasteiger partial charge on any atom is -0.450 e. The average molecular weight is 258 g/mol. The second-order valence-corrected chi connectivity index (χ2v) is 3.22. The molecule has 0 saturated carbocycles. The molecule has 0 atom stereocenters. The van der Waals surface area contributed by atoms with Gasteiger partial charge in [-0.3, -0.25) is 0 Å². The lowest BCUT2D eigenvalue weighted by atomic mass is 10.3. The molecule has 0 aromatic heterocycles. The molecule has 0 aliphatic carbocycles. The second-order valence-electron chi connectivity index (χ2n) is 1.97. The maximum Gasteiger partial charge on any atom is 0.503 e. The topological polar surface area (TPSA) is 60.8 Å². The minimum absolute atomic E-state index is 0.535. The standard InChI is InChI=1S/C6H4Cl3N.CH2O3/c7-5-3-1-2-4-6(5)10(8)9;2-1(3)4/h1-4H;(H2,2,3,4). The molecule has 1 aromatic rings. The number of para-hydroxylation sites is 1. The first-order valence-corrected chi connectivity index (χ1v) is 4.28. The van der Waals surface area contributed by atoms with Crippen molar-refractivity contribution < 1.29 is 15.0 Å². The van der Waals surface area contributed by atoms with Crippen molar-refractivity contribution in [1.82, 2.24) is 0 Å². The number of carbonyl (C=O) groups is 1. The van der Waals surface area contributed by atoms with Crippen LogP contribution < -0.4 is 3.94 Å². The molecule has 0 bridgehead atoms. The largest absolute Gasteiger partial charge is 0.503 e. The van der Waals surface area contributed by atoms with E-state index in [1.165, 1.54) is 0 Å². The molecule has 0 spiro atoms. The predicted molar refractivity (Wildman–Crippen MR) is 56.3 cm³/mol. The van der Waals surface area contributed by atoms with Gasteiger partial charge in [0.1, 0.15) is 0 Å². The number of rotatable bonds is 1. The van der Waals surface area contributed by atoms with Crippen molar-refractivity contribution in [2.45, 2.75) is 0 Å². The SMILES string of the molecule is Clc1ccccc1N(Cl)Cl.O=C(O)O. The molecular weight excluding hydrogens is 252 g/mol. The lowest BCUT2D eigenvalue weighted by molar-refractivity contribution is 0.137. The van der Waals surface area contributed by atoms with Gasteiger partial charge in [0.25, 0.3) is 0 Å². The fraction of sp³-hybridized carbons (Fsp3) is 0. The van der Waals surface area contributed by atoms with Crippen LogP contribution in [-0.4, -0.2) is 16.4 Å². The summed E-state index contributed by atoms with van der Waals surface area (Å²) in [5.74, 6) is 0. The summed E-state index contributed by atoms with van der Waals surface area (Å²) >= 11 is 16.6. The van der Waals surface area contributed by atoms with E-state index in [0.717, 1.165) is 3.94 Å². The van der Waals surface area contributed by atoms with Crippen molar-refractivity contribution in [3.63, 3.8) is 0 Å². The van der Waals surface area contributed by atoms with E-state index in [-0.39, 0.29) is 0 Å². The summed E-state index contributed by atoms with van der Waals surface area (Å²) in [6.45, 7) is 0. The Morgan fingerprint density at radius 1 is 1.21 bits per heavy atom. The van der Waals surface area contributed by atoms with E-state index in [9.17, 15) is 0 Å². The monoisotopic (exact) mass is 257 g/mol. The van der Waals surface area contributed by atoms with Crippen LogP contribution in [0.2, 0.25) is 5.02 Å². The third kappa shape index (κ3) is 5.75. The van der Waals surface area contributed by atoms with E-state index in [4.69, 9.17) is 50.2 Å². The van der Waals surface area contributed by atoms with Gasteiger partial charge in [-0.2, -0.15) is 3.94 Å². The van der Waals surface area contributed by atoms with Crippen molar-refractivity contribution >= 4 is 47.0 Å². The zero-order valence-corrected chi connectivity index (χ0v) is 8.96. The Hall–Kier alpha value is -0.840. The van der Waals surface area contributed by atoms with Crippen LogP contribution in [0, 0.1) is 0 Å². The molecule has 0 fully saturated rings. The molecule has 1 rings (SSSR count). The van der Waals surface area contributed by atoms with Crippen LogP contribution in [0.25, 0.3) is 0 Å². The second kappa shape index (κ2) is 6.59. The van der Waals surface area contributed by atoms with Crippen LogP contribution in [0.4, 0.5) is 10.5 Å². The normalized spacial score (nSPS) is 8.50. The summed E-state index contributed by atoms with van der Waals surface area (Å²) < 4.78 is 0.933. The molecule has 2 N–H and O–H groups in total. The molecule has 0 amide bonds. The first kappa shape index (κ1) is 13.2. The Morgan fingerprint density at radius 2 is 1.64 bits per heavy atom. The molecule has 7 heteroatoms. The van der Waals surface area contributed by atoms with Crippen LogP contribution in [0.1, 0.15) is 0 Å². The lowest BCUT2D eigenvalue weighted by Crippen LogP contribution is -1.91. The Labute approximate surface area is 95.4 Å². The van der Waals surface area contributed by atoms with Crippen LogP contribution in [0.5, 0.6) is 0 Å². The molecule has 78 valence electrons. The fourth-order valence-electron chi connectivity index (χ4n) is 0.589. The predicted octanol–water partition coefficient (Wildman–Crippen LogP) is 3.68. The third-order valence-corrected chi connectivity index (χ3v) is 1.72. The molecule has 0 unspecified atom stereocenters. The highest BCUT2D eigenvalue weighted by Gasteiger charge is 2.02. The number of benzene rings is 1. The number of nitrogens with zero attached hydrogens (tertiary/aromatic N) is 1. The fourth-order valence-corrected chi connectivity index (χ4v) is 1.19. The molecule has 4 nitrogen and oxygen atoms in total. The number of hydrogen-bond donors (Lipinski definition) is 2. The van der Waals surface area contributed by atoms with Gasteiger partial charge in [0.15, 0.2) is 0 Å². The summed E-state index contributed by atoms with van der Waals surface area (Å²) in [5, 5.41) is 14.5. The number of carboxylic acid groups (broad SMARTS) is 2. The van der Waals surface area contributed by atoms with Crippen LogP contribution in [0.15, 0.2) is 24.3 Å². The van der Waals surface area contributed by atoms with E-state index < -0.39 is 6.16 Å². The number of halogens is 3. The summed E-state index contributed by atoms with van der Waals surface area (Å²) in [4.78, 5) is 8.56. The molecular formula is C7H6Cl3NO3. The van der Waals surface area contributed by atoms with Gasteiger partial charge in [-0.1, -0.05) is 23.7 Å². The van der Waals surface area contributed by atoms with Crippen LogP contribution in [0.3, 0.4) is 0 Å². The first-order chi connectivity index (χ1) is 6.45. The van der Waals surface area contributed by atoms with E-state index in [1.807, 2.05) is 6.07 Å². The maximum absolute atomic E-state index is 8.56. The molecule has 0 aliphatic rings. The number of hydrogen-bond acceptors (Lipinski definition) is 2. The van der Waals surface area contributed by atoms with Gasteiger partial charge in [-0.25, -0.2) is 4.79 Å². The van der Waals surface area contributed by atoms with Crippen molar-refractivity contribution in [2.24, 2.45) is 0 Å². The zero-order chi connectivity index (χ0) is 11.1. The summed E-state index contributed by atoms with van der Waals surface area (Å²) in [7, 11) is 0. The Kier molecular flexibility index (Phi) is 6.19. The minimum atomic E-state index is -1.83. The smallest absolute Gasteiger partial charge is 0.450 e. The van der Waals surface area contributed by atoms with Gasteiger partial charge in [0.05, 0.1) is 10.7 Å². The molecule has 0 aliphatic heterocycles. The summed E-state index contributed by atoms with van der Waals surface area (Å²) in [5.41, 5.74) is 0.590. The molecule has 0 saturated heterocycles. The number of anilines is 1. The van der Waals surface area contributed by atoms with Crippen LogP contribution in [-0.2, 0) is 0 Å². The maximum atomic E-state index is 8.56. The third-order valence-electron chi connectivity index (χ3n) is 1.03. The average Bonchev–Trinajstić information content (AvgIpc) is 2.03. The van der Waals surface area contributed by atoms with Gasteiger partial charge in [-0.05, 0) is 12.1 Å². The first-order valence-electron chi connectivity index (χ1n) is 3.23. The summed E-state index contributed by atoms with van der Waals surface area (Å²) in [6, 6.07) is 7.05. The van der Waals surface area contributed by atoms with Gasteiger partial charge >= 0.3 is 6.16 Å². The van der Waals surface area contributed by atoms with E-state index in [1.54, 1.807) is 18.2 Å². The quantitative estimate of drug-likeness (QED) is 0.754. The van der Waals surface area contributed by atoms with E-state index in [2.05, 4.69) is 0 Å². The van der Waals surface area contributed by atoms with Gasteiger partial charge in [-0.15, -0.1) is 0 Å². The molecule has 1 aromatic carbocycles. The Bertz CT molecular complexity index is 302. The van der Waals surface area contributed by atoms with Crippen molar-refractivity contribution in [1.29, 1.82) is 0 Å². The molecule has 14 heavy (non-hydrogen) atoms. The van der Waals surface area contributed by atoms with Crippen molar-refractivity contribution in [3.05, 3.63) is 29.3 Å². The molecule has 0 heterocycles.